The second-order valence-corrected chi connectivity index (χ2v) is 5.24. The molecule has 0 aliphatic heterocycles. The molecular weight excluding hydrogens is 320 g/mol. The molecule has 1 heterocycles. The summed E-state index contributed by atoms with van der Waals surface area (Å²) in [4.78, 5) is 0.789. The third-order valence-corrected chi connectivity index (χ3v) is 3.69. The topological polar surface area (TPSA) is 102 Å². The van der Waals surface area contributed by atoms with Gasteiger partial charge >= 0.3 is 0 Å². The molecule has 2 aromatic rings. The monoisotopic (exact) mass is 328 g/mol. The zero-order valence-corrected chi connectivity index (χ0v) is 11.7. The van der Waals surface area contributed by atoms with Gasteiger partial charge in [-0.15, -0.1) is 5.10 Å². The Labute approximate surface area is 115 Å². The van der Waals surface area contributed by atoms with Crippen LogP contribution in [-0.4, -0.2) is 31.3 Å². The number of nitrogens with two attached hydrogens (primary N) is 1. The molecule has 18 heavy (non-hydrogen) atoms. The first-order chi connectivity index (χ1) is 8.61. The molecule has 9 heteroatoms. The molecule has 94 valence electrons. The summed E-state index contributed by atoms with van der Waals surface area (Å²) in [5.74, 6) is 0.0418. The highest BCUT2D eigenvalue weighted by molar-refractivity contribution is 9.10. The fourth-order valence-electron chi connectivity index (χ4n) is 1.25. The van der Waals surface area contributed by atoms with Crippen molar-refractivity contribution in [2.24, 2.45) is 17.9 Å². The van der Waals surface area contributed by atoms with E-state index in [0.717, 1.165) is 9.37 Å². The zero-order valence-electron chi connectivity index (χ0n) is 9.28. The SMILES string of the molecule is Cn1nnnc1Sc1cc(Br)ccc1/C(N)=N/O. The fourth-order valence-corrected chi connectivity index (χ4v) is 2.68. The van der Waals surface area contributed by atoms with Gasteiger partial charge in [0.05, 0.1) is 0 Å². The molecule has 0 spiro atoms. The van der Waals surface area contributed by atoms with Gasteiger partial charge in [-0.25, -0.2) is 4.68 Å². The average molecular weight is 329 g/mol. The number of nitrogens with zero attached hydrogens (tertiary/aromatic N) is 5. The quantitative estimate of drug-likeness (QED) is 0.380. The van der Waals surface area contributed by atoms with Gasteiger partial charge in [0.1, 0.15) is 0 Å². The predicted molar refractivity (Wildman–Crippen MR) is 69.6 cm³/mol. The zero-order chi connectivity index (χ0) is 13.1. The van der Waals surface area contributed by atoms with Crippen LogP contribution in [0.1, 0.15) is 5.56 Å². The van der Waals surface area contributed by atoms with Crippen molar-refractivity contribution in [1.29, 1.82) is 0 Å². The van der Waals surface area contributed by atoms with E-state index in [4.69, 9.17) is 10.9 Å². The van der Waals surface area contributed by atoms with E-state index in [0.29, 0.717) is 10.7 Å². The molecule has 0 radical (unpaired) electrons. The van der Waals surface area contributed by atoms with E-state index in [1.54, 1.807) is 17.8 Å². The van der Waals surface area contributed by atoms with Gasteiger partial charge in [-0.3, -0.25) is 0 Å². The summed E-state index contributed by atoms with van der Waals surface area (Å²) in [7, 11) is 1.74. The maximum Gasteiger partial charge on any atom is 0.213 e. The molecule has 0 fully saturated rings. The van der Waals surface area contributed by atoms with Gasteiger partial charge in [-0.1, -0.05) is 21.1 Å². The normalized spacial score (nSPS) is 11.8. The number of tetrazole rings is 1. The molecule has 0 aliphatic rings. The minimum absolute atomic E-state index is 0.0418. The lowest BCUT2D eigenvalue weighted by Crippen LogP contribution is -2.14. The smallest absolute Gasteiger partial charge is 0.213 e. The van der Waals surface area contributed by atoms with Crippen LogP contribution >= 0.6 is 27.7 Å². The van der Waals surface area contributed by atoms with Crippen LogP contribution in [0.15, 0.2) is 37.9 Å². The largest absolute Gasteiger partial charge is 0.409 e. The Balaban J connectivity index is 2.43. The molecule has 0 bridgehead atoms. The first kappa shape index (κ1) is 12.8. The van der Waals surface area contributed by atoms with Crippen LogP contribution in [0.5, 0.6) is 0 Å². The van der Waals surface area contributed by atoms with Crippen molar-refractivity contribution in [2.75, 3.05) is 0 Å². The van der Waals surface area contributed by atoms with Gasteiger partial charge in [0.15, 0.2) is 5.84 Å². The van der Waals surface area contributed by atoms with Crippen LogP contribution < -0.4 is 5.73 Å². The van der Waals surface area contributed by atoms with Crippen molar-refractivity contribution < 1.29 is 5.21 Å². The molecular formula is C9H9BrN6OS. The van der Waals surface area contributed by atoms with Crippen LogP contribution in [0.25, 0.3) is 0 Å². The van der Waals surface area contributed by atoms with Gasteiger partial charge in [-0.05, 0) is 40.4 Å². The highest BCUT2D eigenvalue weighted by atomic mass is 79.9. The molecule has 0 saturated heterocycles. The van der Waals surface area contributed by atoms with Crippen molar-refractivity contribution in [1.82, 2.24) is 20.2 Å². The van der Waals surface area contributed by atoms with Crippen molar-refractivity contribution in [3.63, 3.8) is 0 Å². The first-order valence-electron chi connectivity index (χ1n) is 4.79. The molecule has 0 saturated carbocycles. The molecule has 3 N–H and O–H groups in total. The van der Waals surface area contributed by atoms with E-state index in [1.807, 2.05) is 12.1 Å². The number of hydrogen-bond acceptors (Lipinski definition) is 6. The molecule has 2 rings (SSSR count). The Kier molecular flexibility index (Phi) is 3.82. The average Bonchev–Trinajstić information content (AvgIpc) is 2.74. The summed E-state index contributed by atoms with van der Waals surface area (Å²) in [5, 5.41) is 23.5. The van der Waals surface area contributed by atoms with Crippen LogP contribution in [0.3, 0.4) is 0 Å². The van der Waals surface area contributed by atoms with E-state index >= 15 is 0 Å². The summed E-state index contributed by atoms with van der Waals surface area (Å²) in [6.07, 6.45) is 0. The van der Waals surface area contributed by atoms with Gasteiger partial charge in [0, 0.05) is 22.0 Å². The van der Waals surface area contributed by atoms with E-state index in [2.05, 4.69) is 36.6 Å². The highest BCUT2D eigenvalue weighted by Gasteiger charge is 2.12. The van der Waals surface area contributed by atoms with Crippen LogP contribution in [0.2, 0.25) is 0 Å². The first-order valence-corrected chi connectivity index (χ1v) is 6.40. The summed E-state index contributed by atoms with van der Waals surface area (Å²) >= 11 is 4.71. The number of aryl methyl sites for hydroxylation is 1. The Morgan fingerprint density at radius 3 is 2.94 bits per heavy atom. The van der Waals surface area contributed by atoms with Gasteiger partial charge in [-0.2, -0.15) is 0 Å². The summed E-state index contributed by atoms with van der Waals surface area (Å²) < 4.78 is 2.43. The Bertz CT molecular complexity index is 598. The van der Waals surface area contributed by atoms with Crippen LogP contribution in [-0.2, 0) is 7.05 Å². The fraction of sp³-hybridized carbons (Fsp3) is 0.111. The summed E-state index contributed by atoms with van der Waals surface area (Å²) in [6.45, 7) is 0. The third-order valence-electron chi connectivity index (χ3n) is 2.11. The predicted octanol–water partition coefficient (Wildman–Crippen LogP) is 1.22. The Hall–Kier alpha value is -1.61. The van der Waals surface area contributed by atoms with Crippen molar-refractivity contribution >= 4 is 33.5 Å². The summed E-state index contributed by atoms with van der Waals surface area (Å²) in [6, 6.07) is 5.42. The molecule has 7 nitrogen and oxygen atoms in total. The lowest BCUT2D eigenvalue weighted by Gasteiger charge is -2.07. The maximum absolute atomic E-state index is 8.76. The van der Waals surface area contributed by atoms with Crippen molar-refractivity contribution in [3.8, 4) is 0 Å². The number of amidine groups is 1. The van der Waals surface area contributed by atoms with E-state index in [-0.39, 0.29) is 5.84 Å². The highest BCUT2D eigenvalue weighted by Crippen LogP contribution is 2.30. The Morgan fingerprint density at radius 2 is 2.33 bits per heavy atom. The molecule has 0 atom stereocenters. The third kappa shape index (κ3) is 2.62. The second-order valence-electron chi connectivity index (χ2n) is 3.31. The lowest BCUT2D eigenvalue weighted by atomic mass is 10.2. The Morgan fingerprint density at radius 1 is 1.56 bits per heavy atom. The molecule has 1 aromatic carbocycles. The molecule has 0 amide bonds. The number of rotatable bonds is 3. The molecule has 0 unspecified atom stereocenters. The van der Waals surface area contributed by atoms with Crippen LogP contribution in [0, 0.1) is 0 Å². The molecule has 0 aliphatic carbocycles. The standard InChI is InChI=1S/C9H9BrN6OS/c1-16-9(12-14-15-16)18-7-4-5(10)2-3-6(7)8(11)13-17/h2-4,17H,1H3,(H2,11,13). The number of oxime groups is 1. The van der Waals surface area contributed by atoms with E-state index in [9.17, 15) is 0 Å². The van der Waals surface area contributed by atoms with E-state index < -0.39 is 0 Å². The maximum atomic E-state index is 8.76. The number of halogens is 1. The lowest BCUT2D eigenvalue weighted by molar-refractivity contribution is 0.318. The molecule has 1 aromatic heterocycles. The van der Waals surface area contributed by atoms with Crippen LogP contribution in [0.4, 0.5) is 0 Å². The number of aromatic nitrogens is 4. The summed E-state index contributed by atoms with van der Waals surface area (Å²) in [5.41, 5.74) is 6.24. The van der Waals surface area contributed by atoms with Crippen molar-refractivity contribution in [2.45, 2.75) is 10.1 Å². The number of benzene rings is 1. The van der Waals surface area contributed by atoms with Gasteiger partial charge < -0.3 is 10.9 Å². The van der Waals surface area contributed by atoms with Crippen molar-refractivity contribution in [3.05, 3.63) is 28.2 Å². The second kappa shape index (κ2) is 5.36. The minimum Gasteiger partial charge on any atom is -0.409 e. The van der Waals surface area contributed by atoms with Gasteiger partial charge in [0.2, 0.25) is 5.16 Å². The minimum atomic E-state index is 0.0418. The van der Waals surface area contributed by atoms with E-state index in [1.165, 1.54) is 11.8 Å². The number of hydrogen-bond donors (Lipinski definition) is 2. The van der Waals surface area contributed by atoms with Gasteiger partial charge in [0.25, 0.3) is 0 Å².